The summed E-state index contributed by atoms with van der Waals surface area (Å²) in [6.07, 6.45) is 4.29. The third-order valence-electron chi connectivity index (χ3n) is 7.23. The van der Waals surface area contributed by atoms with Gasteiger partial charge < -0.3 is 24.8 Å². The molecule has 2 aromatic carbocycles. The van der Waals surface area contributed by atoms with Crippen LogP contribution in [0.3, 0.4) is 0 Å². The zero-order valence-electron chi connectivity index (χ0n) is 22.3. The number of carboxylic acids is 1. The van der Waals surface area contributed by atoms with Crippen molar-refractivity contribution in [1.82, 2.24) is 4.90 Å². The first-order chi connectivity index (χ1) is 17.6. The molecule has 0 spiro atoms. The molecular weight excluding hydrogens is 475 g/mol. The Hall–Kier alpha value is -2.97. The predicted molar refractivity (Wildman–Crippen MR) is 141 cm³/mol. The molecule has 7 nitrogen and oxygen atoms in total. The second-order valence-corrected chi connectivity index (χ2v) is 10.3. The van der Waals surface area contributed by atoms with Crippen molar-refractivity contribution in [3.63, 3.8) is 0 Å². The van der Waals surface area contributed by atoms with Gasteiger partial charge in [0.05, 0.1) is 31.0 Å². The maximum Gasteiger partial charge on any atom is 0.336 e. The highest BCUT2D eigenvalue weighted by atomic mass is 19.1. The SMILES string of the molecule is CCC(C)(C)N(CCOC1CCCC(OCc2cccc(C)c2C(=O)O)C1)C(=O)Nc1ccc(F)cc1. The fourth-order valence-corrected chi connectivity index (χ4v) is 4.67. The monoisotopic (exact) mass is 514 g/mol. The van der Waals surface area contributed by atoms with Crippen molar-refractivity contribution >= 4 is 17.7 Å². The van der Waals surface area contributed by atoms with E-state index in [0.29, 0.717) is 30.0 Å². The molecule has 0 radical (unpaired) electrons. The van der Waals surface area contributed by atoms with Gasteiger partial charge in [0.15, 0.2) is 0 Å². The largest absolute Gasteiger partial charge is 0.478 e. The first-order valence-electron chi connectivity index (χ1n) is 13.0. The van der Waals surface area contributed by atoms with Crippen molar-refractivity contribution in [2.45, 2.75) is 84.2 Å². The van der Waals surface area contributed by atoms with Crippen molar-refractivity contribution in [3.05, 3.63) is 65.0 Å². The van der Waals surface area contributed by atoms with Crippen molar-refractivity contribution < 1.29 is 28.6 Å². The van der Waals surface area contributed by atoms with E-state index in [1.54, 1.807) is 36.1 Å². The highest BCUT2D eigenvalue weighted by Crippen LogP contribution is 2.26. The first kappa shape index (κ1) is 28.6. The third-order valence-corrected chi connectivity index (χ3v) is 7.23. The lowest BCUT2D eigenvalue weighted by molar-refractivity contribution is -0.0547. The number of hydrogen-bond donors (Lipinski definition) is 2. The molecule has 2 N–H and O–H groups in total. The Morgan fingerprint density at radius 3 is 2.43 bits per heavy atom. The van der Waals surface area contributed by atoms with Gasteiger partial charge in [-0.25, -0.2) is 14.0 Å². The molecule has 2 atom stereocenters. The van der Waals surface area contributed by atoms with E-state index in [1.165, 1.54) is 12.1 Å². The summed E-state index contributed by atoms with van der Waals surface area (Å²) < 4.78 is 25.5. The number of halogens is 1. The van der Waals surface area contributed by atoms with Crippen LogP contribution in [-0.2, 0) is 16.1 Å². The number of hydrogen-bond acceptors (Lipinski definition) is 4. The van der Waals surface area contributed by atoms with Gasteiger partial charge in [-0.2, -0.15) is 0 Å². The normalized spacial score (nSPS) is 17.9. The summed E-state index contributed by atoms with van der Waals surface area (Å²) in [7, 11) is 0. The molecule has 202 valence electrons. The van der Waals surface area contributed by atoms with Gasteiger partial charge >= 0.3 is 12.0 Å². The number of urea groups is 1. The minimum Gasteiger partial charge on any atom is -0.478 e. The number of amides is 2. The molecule has 2 unspecified atom stereocenters. The number of nitrogens with one attached hydrogen (secondary N) is 1. The number of ether oxygens (including phenoxy) is 2. The molecular formula is C29H39FN2O5. The van der Waals surface area contributed by atoms with Crippen LogP contribution in [0.5, 0.6) is 0 Å². The molecule has 8 heteroatoms. The minimum atomic E-state index is -0.940. The number of carboxylic acid groups (broad SMARTS) is 1. The standard InChI is InChI=1S/C29H39FN2O5/c1-5-29(3,4)32(28(35)31-23-14-12-22(30)13-15-23)16-17-36-24-10-7-11-25(18-24)37-19-21-9-6-8-20(2)26(21)27(33)34/h6,8-9,12-15,24-25H,5,7,10-11,16-19H2,1-4H3,(H,31,35)(H,33,34). The fourth-order valence-electron chi connectivity index (χ4n) is 4.67. The van der Waals surface area contributed by atoms with Crippen LogP contribution >= 0.6 is 0 Å². The Morgan fingerprint density at radius 2 is 1.78 bits per heavy atom. The Morgan fingerprint density at radius 1 is 1.11 bits per heavy atom. The van der Waals surface area contributed by atoms with Gasteiger partial charge in [-0.1, -0.05) is 25.1 Å². The van der Waals surface area contributed by atoms with Gasteiger partial charge in [0.2, 0.25) is 0 Å². The first-order valence-corrected chi connectivity index (χ1v) is 13.0. The second-order valence-electron chi connectivity index (χ2n) is 10.3. The van der Waals surface area contributed by atoms with Crippen LogP contribution in [0.2, 0.25) is 0 Å². The molecule has 1 aliphatic carbocycles. The Bertz CT molecular complexity index is 1060. The van der Waals surface area contributed by atoms with Gasteiger partial charge in [-0.15, -0.1) is 0 Å². The maximum absolute atomic E-state index is 13.2. The molecule has 1 saturated carbocycles. The van der Waals surface area contributed by atoms with Crippen LogP contribution in [0.4, 0.5) is 14.9 Å². The number of rotatable bonds is 11. The van der Waals surface area contributed by atoms with Crippen molar-refractivity contribution in [2.75, 3.05) is 18.5 Å². The van der Waals surface area contributed by atoms with Gasteiger partial charge in [0.1, 0.15) is 5.82 Å². The van der Waals surface area contributed by atoms with Gasteiger partial charge in [-0.05, 0) is 88.3 Å². The Kier molecular flexibility index (Phi) is 10.1. The van der Waals surface area contributed by atoms with E-state index in [0.717, 1.165) is 37.7 Å². The molecule has 37 heavy (non-hydrogen) atoms. The summed E-state index contributed by atoms with van der Waals surface area (Å²) >= 11 is 0. The molecule has 0 aliphatic heterocycles. The van der Waals surface area contributed by atoms with E-state index < -0.39 is 5.97 Å². The van der Waals surface area contributed by atoms with E-state index in [-0.39, 0.29) is 36.2 Å². The minimum absolute atomic E-state index is 0.00846. The number of benzene rings is 2. The number of anilines is 1. The molecule has 2 amide bonds. The summed E-state index contributed by atoms with van der Waals surface area (Å²) in [4.78, 5) is 26.5. The van der Waals surface area contributed by atoms with Gasteiger partial charge in [0.25, 0.3) is 0 Å². The number of carbonyl (C=O) groups is 2. The Labute approximate surface area is 219 Å². The van der Waals surface area contributed by atoms with Crippen LogP contribution in [0.15, 0.2) is 42.5 Å². The highest BCUT2D eigenvalue weighted by Gasteiger charge is 2.30. The van der Waals surface area contributed by atoms with Crippen molar-refractivity contribution in [2.24, 2.45) is 0 Å². The molecule has 2 aromatic rings. The topological polar surface area (TPSA) is 88.1 Å². The van der Waals surface area contributed by atoms with Crippen molar-refractivity contribution in [3.8, 4) is 0 Å². The molecule has 0 aromatic heterocycles. The lowest BCUT2D eigenvalue weighted by atomic mass is 9.94. The maximum atomic E-state index is 13.2. The van der Waals surface area contributed by atoms with Crippen molar-refractivity contribution in [1.29, 1.82) is 0 Å². The molecule has 0 bridgehead atoms. The van der Waals surface area contributed by atoms with Crippen LogP contribution in [0.1, 0.15) is 74.4 Å². The summed E-state index contributed by atoms with van der Waals surface area (Å²) in [5.41, 5.74) is 1.86. The lowest BCUT2D eigenvalue weighted by Gasteiger charge is -2.38. The quantitative estimate of drug-likeness (QED) is 0.362. The molecule has 1 fully saturated rings. The van der Waals surface area contributed by atoms with E-state index in [1.807, 2.05) is 26.8 Å². The third kappa shape index (κ3) is 8.01. The van der Waals surface area contributed by atoms with E-state index in [4.69, 9.17) is 9.47 Å². The van der Waals surface area contributed by atoms with Crippen LogP contribution in [0.25, 0.3) is 0 Å². The lowest BCUT2D eigenvalue weighted by Crippen LogP contribution is -2.51. The summed E-state index contributed by atoms with van der Waals surface area (Å²) in [6, 6.07) is 10.9. The zero-order chi connectivity index (χ0) is 27.0. The Balaban J connectivity index is 1.53. The molecule has 3 rings (SSSR count). The fraction of sp³-hybridized carbons (Fsp3) is 0.517. The molecule has 1 aliphatic rings. The van der Waals surface area contributed by atoms with E-state index in [2.05, 4.69) is 5.32 Å². The van der Waals surface area contributed by atoms with Gasteiger partial charge in [0, 0.05) is 17.8 Å². The summed E-state index contributed by atoms with van der Waals surface area (Å²) in [6.45, 7) is 8.91. The average molecular weight is 515 g/mol. The van der Waals surface area contributed by atoms with Crippen LogP contribution in [0, 0.1) is 12.7 Å². The summed E-state index contributed by atoms with van der Waals surface area (Å²) in [5.74, 6) is -1.29. The zero-order valence-corrected chi connectivity index (χ0v) is 22.3. The number of carbonyl (C=O) groups excluding carboxylic acids is 1. The number of nitrogens with zero attached hydrogens (tertiary/aromatic N) is 1. The smallest absolute Gasteiger partial charge is 0.336 e. The highest BCUT2D eigenvalue weighted by molar-refractivity contribution is 5.91. The van der Waals surface area contributed by atoms with E-state index >= 15 is 0 Å². The average Bonchev–Trinajstić information content (AvgIpc) is 2.86. The molecule has 0 saturated heterocycles. The predicted octanol–water partition coefficient (Wildman–Crippen LogP) is 6.40. The van der Waals surface area contributed by atoms with Gasteiger partial charge in [-0.3, -0.25) is 0 Å². The second kappa shape index (κ2) is 13.0. The number of aryl methyl sites for hydroxylation is 1. The van der Waals surface area contributed by atoms with Crippen LogP contribution < -0.4 is 5.32 Å². The van der Waals surface area contributed by atoms with Crippen LogP contribution in [-0.4, -0.2) is 52.9 Å². The van der Waals surface area contributed by atoms with E-state index in [9.17, 15) is 19.1 Å². The summed E-state index contributed by atoms with van der Waals surface area (Å²) in [5, 5.41) is 12.4. The molecule has 0 heterocycles. The number of aromatic carboxylic acids is 1.